The van der Waals surface area contributed by atoms with E-state index in [0.717, 1.165) is 18.9 Å². The fourth-order valence-corrected chi connectivity index (χ4v) is 2.94. The van der Waals surface area contributed by atoms with Crippen molar-refractivity contribution in [2.75, 3.05) is 38.6 Å². The summed E-state index contributed by atoms with van der Waals surface area (Å²) in [5.41, 5.74) is 1.31. The highest BCUT2D eigenvalue weighted by Crippen LogP contribution is 2.23. The highest BCUT2D eigenvalue weighted by molar-refractivity contribution is 5.47. The zero-order chi connectivity index (χ0) is 15.2. The first-order valence-corrected chi connectivity index (χ1v) is 8.14. The van der Waals surface area contributed by atoms with Gasteiger partial charge in [0.1, 0.15) is 5.82 Å². The smallest absolute Gasteiger partial charge is 0.133 e. The Morgan fingerprint density at radius 1 is 1.38 bits per heavy atom. The van der Waals surface area contributed by atoms with Gasteiger partial charge in [0.2, 0.25) is 0 Å². The molecule has 0 aliphatic carbocycles. The van der Waals surface area contributed by atoms with Gasteiger partial charge in [-0.25, -0.2) is 4.98 Å². The van der Waals surface area contributed by atoms with Crippen LogP contribution in [0.2, 0.25) is 0 Å². The Hall–Kier alpha value is -1.13. The van der Waals surface area contributed by atoms with Crippen molar-refractivity contribution >= 4 is 5.82 Å². The van der Waals surface area contributed by atoms with Crippen molar-refractivity contribution in [2.45, 2.75) is 39.3 Å². The summed E-state index contributed by atoms with van der Waals surface area (Å²) in [6, 6.07) is 4.85. The maximum Gasteiger partial charge on any atom is 0.133 e. The van der Waals surface area contributed by atoms with E-state index in [4.69, 9.17) is 0 Å². The molecule has 0 spiro atoms. The summed E-state index contributed by atoms with van der Waals surface area (Å²) in [5, 5.41) is 3.53. The molecule has 21 heavy (non-hydrogen) atoms. The summed E-state index contributed by atoms with van der Waals surface area (Å²) >= 11 is 0. The zero-order valence-corrected chi connectivity index (χ0v) is 14.0. The number of hydrogen-bond donors (Lipinski definition) is 1. The molecule has 0 amide bonds. The first kappa shape index (κ1) is 16.2. The lowest BCUT2D eigenvalue weighted by Gasteiger charge is -2.36. The summed E-state index contributed by atoms with van der Waals surface area (Å²) in [7, 11) is 4.41. The Labute approximate surface area is 129 Å². The van der Waals surface area contributed by atoms with Crippen LogP contribution in [0.15, 0.2) is 18.3 Å². The molecule has 0 atom stereocenters. The molecule has 1 saturated heterocycles. The van der Waals surface area contributed by atoms with Gasteiger partial charge in [-0.05, 0) is 51.5 Å². The summed E-state index contributed by atoms with van der Waals surface area (Å²) in [6.45, 7) is 8.79. The van der Waals surface area contributed by atoms with E-state index in [0.29, 0.717) is 12.0 Å². The van der Waals surface area contributed by atoms with Gasteiger partial charge in [0.05, 0.1) is 0 Å². The van der Waals surface area contributed by atoms with Gasteiger partial charge < -0.3 is 15.1 Å². The normalized spacial score (nSPS) is 17.4. The third-order valence-electron chi connectivity index (χ3n) is 4.31. The van der Waals surface area contributed by atoms with Crippen LogP contribution >= 0.6 is 0 Å². The Morgan fingerprint density at radius 3 is 2.76 bits per heavy atom. The summed E-state index contributed by atoms with van der Waals surface area (Å²) in [6.07, 6.45) is 4.36. The zero-order valence-electron chi connectivity index (χ0n) is 14.0. The van der Waals surface area contributed by atoms with Crippen LogP contribution in [0.5, 0.6) is 0 Å². The van der Waals surface area contributed by atoms with Gasteiger partial charge in [0.25, 0.3) is 0 Å². The van der Waals surface area contributed by atoms with Crippen LogP contribution in [0, 0.1) is 5.92 Å². The van der Waals surface area contributed by atoms with Gasteiger partial charge in [0.15, 0.2) is 0 Å². The first-order valence-electron chi connectivity index (χ1n) is 8.14. The van der Waals surface area contributed by atoms with Crippen LogP contribution in [-0.4, -0.2) is 49.7 Å². The maximum absolute atomic E-state index is 4.64. The molecule has 0 saturated carbocycles. The lowest BCUT2D eigenvalue weighted by molar-refractivity contribution is 0.252. The van der Waals surface area contributed by atoms with Crippen LogP contribution in [-0.2, 0) is 6.54 Å². The van der Waals surface area contributed by atoms with E-state index in [2.05, 4.69) is 54.1 Å². The molecule has 1 aliphatic heterocycles. The van der Waals surface area contributed by atoms with Gasteiger partial charge in [0, 0.05) is 31.4 Å². The molecule has 0 radical (unpaired) electrons. The fourth-order valence-electron chi connectivity index (χ4n) is 2.94. The van der Waals surface area contributed by atoms with E-state index < -0.39 is 0 Å². The van der Waals surface area contributed by atoms with Crippen LogP contribution in [0.25, 0.3) is 0 Å². The monoisotopic (exact) mass is 290 g/mol. The Morgan fingerprint density at radius 2 is 2.10 bits per heavy atom. The molecule has 1 aromatic rings. The molecule has 0 aromatic carbocycles. The molecular weight excluding hydrogens is 260 g/mol. The molecule has 4 heteroatoms. The van der Waals surface area contributed by atoms with Crippen molar-refractivity contribution in [3.05, 3.63) is 23.9 Å². The predicted molar refractivity (Wildman–Crippen MR) is 89.7 cm³/mol. The predicted octanol–water partition coefficient (Wildman–Crippen LogP) is 2.36. The summed E-state index contributed by atoms with van der Waals surface area (Å²) in [4.78, 5) is 9.44. The topological polar surface area (TPSA) is 31.4 Å². The molecule has 2 heterocycles. The van der Waals surface area contributed by atoms with E-state index in [-0.39, 0.29) is 0 Å². The number of rotatable bonds is 6. The average molecular weight is 290 g/mol. The number of piperidine rings is 1. The van der Waals surface area contributed by atoms with E-state index in [9.17, 15) is 0 Å². The quantitative estimate of drug-likeness (QED) is 0.871. The third kappa shape index (κ3) is 4.68. The average Bonchev–Trinajstić information content (AvgIpc) is 2.47. The van der Waals surface area contributed by atoms with Crippen LogP contribution < -0.4 is 10.2 Å². The summed E-state index contributed by atoms with van der Waals surface area (Å²) in [5.74, 6) is 1.82. The van der Waals surface area contributed by atoms with Crippen LogP contribution in [0.3, 0.4) is 0 Å². The molecule has 1 N–H and O–H groups in total. The van der Waals surface area contributed by atoms with Gasteiger partial charge in [-0.2, -0.15) is 0 Å². The molecule has 4 nitrogen and oxygen atoms in total. The van der Waals surface area contributed by atoms with Gasteiger partial charge in [-0.15, -0.1) is 0 Å². The number of aromatic nitrogens is 1. The second-order valence-electron chi connectivity index (χ2n) is 6.66. The van der Waals surface area contributed by atoms with Crippen molar-refractivity contribution in [2.24, 2.45) is 5.92 Å². The third-order valence-corrected chi connectivity index (χ3v) is 4.31. The molecule has 1 aliphatic rings. The lowest BCUT2D eigenvalue weighted by Crippen LogP contribution is -2.42. The summed E-state index contributed by atoms with van der Waals surface area (Å²) < 4.78 is 0. The van der Waals surface area contributed by atoms with E-state index in [1.807, 2.05) is 12.3 Å². The molecular formula is C17H30N4. The minimum absolute atomic E-state index is 0.611. The van der Waals surface area contributed by atoms with Crippen molar-refractivity contribution in [3.8, 4) is 0 Å². The number of likely N-dealkylation sites (tertiary alicyclic amines) is 1. The first-order chi connectivity index (χ1) is 10.1. The minimum atomic E-state index is 0.611. The minimum Gasteiger partial charge on any atom is -0.356 e. The number of nitrogens with one attached hydrogen (secondary N) is 1. The van der Waals surface area contributed by atoms with Crippen LogP contribution in [0.1, 0.15) is 32.3 Å². The highest BCUT2D eigenvalue weighted by Gasteiger charge is 2.22. The number of anilines is 1. The van der Waals surface area contributed by atoms with Crippen molar-refractivity contribution < 1.29 is 0 Å². The van der Waals surface area contributed by atoms with E-state index in [1.165, 1.54) is 31.5 Å². The SMILES string of the molecule is CC(C)CNCc1cccnc1N(C)C1CCN(C)CC1. The molecule has 0 bridgehead atoms. The van der Waals surface area contributed by atoms with E-state index >= 15 is 0 Å². The van der Waals surface area contributed by atoms with Crippen molar-refractivity contribution in [1.82, 2.24) is 15.2 Å². The standard InChI is InChI=1S/C17H30N4/c1-14(2)12-18-13-15-6-5-9-19-17(15)21(4)16-7-10-20(3)11-8-16/h5-6,9,14,16,18H,7-8,10-13H2,1-4H3. The van der Waals surface area contributed by atoms with Crippen LogP contribution in [0.4, 0.5) is 5.82 Å². The van der Waals surface area contributed by atoms with Gasteiger partial charge in [-0.3, -0.25) is 0 Å². The molecule has 2 rings (SSSR count). The fraction of sp³-hybridized carbons (Fsp3) is 0.706. The molecule has 0 unspecified atom stereocenters. The number of hydrogen-bond acceptors (Lipinski definition) is 4. The van der Waals surface area contributed by atoms with Crippen molar-refractivity contribution in [1.29, 1.82) is 0 Å². The van der Waals surface area contributed by atoms with E-state index in [1.54, 1.807) is 0 Å². The van der Waals surface area contributed by atoms with Gasteiger partial charge >= 0.3 is 0 Å². The molecule has 1 fully saturated rings. The number of pyridine rings is 1. The van der Waals surface area contributed by atoms with Crippen molar-refractivity contribution in [3.63, 3.8) is 0 Å². The Balaban J connectivity index is 2.01. The second-order valence-corrected chi connectivity index (χ2v) is 6.66. The largest absolute Gasteiger partial charge is 0.356 e. The maximum atomic E-state index is 4.64. The van der Waals surface area contributed by atoms with Gasteiger partial charge in [-0.1, -0.05) is 19.9 Å². The number of nitrogens with zero attached hydrogens (tertiary/aromatic N) is 3. The Kier molecular flexibility index (Phi) is 6.00. The second kappa shape index (κ2) is 7.76. The molecule has 1 aromatic heterocycles. The lowest BCUT2D eigenvalue weighted by atomic mass is 10.0. The highest BCUT2D eigenvalue weighted by atomic mass is 15.2. The molecule has 118 valence electrons. The Bertz CT molecular complexity index is 425.